The lowest BCUT2D eigenvalue weighted by Crippen LogP contribution is -2.32. The Morgan fingerprint density at radius 2 is 1.64 bits per heavy atom. The largest absolute Gasteiger partial charge is 0.288 e. The SMILES string of the molecule is CCC/C(C)=N\C(CC)(CC)C(C)C. The standard InChI is InChI=1S/C13H27N/c1-7-10-12(6)14-13(8-2,9-3)11(4)5/h11H,7-10H2,1-6H3/b14-12-. The van der Waals surface area contributed by atoms with Gasteiger partial charge < -0.3 is 0 Å². The van der Waals surface area contributed by atoms with Crippen LogP contribution in [-0.2, 0) is 0 Å². The van der Waals surface area contributed by atoms with Gasteiger partial charge in [-0.2, -0.15) is 0 Å². The normalized spacial score (nSPS) is 13.8. The maximum atomic E-state index is 4.95. The van der Waals surface area contributed by atoms with Crippen LogP contribution in [0.15, 0.2) is 4.99 Å². The molecule has 0 saturated heterocycles. The van der Waals surface area contributed by atoms with Gasteiger partial charge in [0.15, 0.2) is 0 Å². The maximum Gasteiger partial charge on any atom is 0.0625 e. The van der Waals surface area contributed by atoms with Crippen LogP contribution in [0.3, 0.4) is 0 Å². The van der Waals surface area contributed by atoms with Crippen LogP contribution in [0.1, 0.15) is 67.2 Å². The third kappa shape index (κ3) is 3.43. The predicted octanol–water partition coefficient (Wildman–Crippen LogP) is 4.46. The Labute approximate surface area is 90.0 Å². The van der Waals surface area contributed by atoms with Gasteiger partial charge in [0, 0.05) is 5.71 Å². The summed E-state index contributed by atoms with van der Waals surface area (Å²) in [6.45, 7) is 13.5. The van der Waals surface area contributed by atoms with Crippen LogP contribution in [0.4, 0.5) is 0 Å². The first-order valence-electron chi connectivity index (χ1n) is 6.07. The molecule has 0 saturated carbocycles. The summed E-state index contributed by atoms with van der Waals surface area (Å²) in [6.07, 6.45) is 4.66. The molecule has 0 unspecified atom stereocenters. The minimum absolute atomic E-state index is 0.194. The van der Waals surface area contributed by atoms with Gasteiger partial charge in [0.05, 0.1) is 5.54 Å². The summed E-state index contributed by atoms with van der Waals surface area (Å²) in [5, 5.41) is 0. The second kappa shape index (κ2) is 6.21. The van der Waals surface area contributed by atoms with Crippen LogP contribution in [0.2, 0.25) is 0 Å². The van der Waals surface area contributed by atoms with Crippen molar-refractivity contribution in [2.75, 3.05) is 0 Å². The van der Waals surface area contributed by atoms with Gasteiger partial charge in [-0.05, 0) is 32.1 Å². The Morgan fingerprint density at radius 3 is 1.93 bits per heavy atom. The molecule has 0 bridgehead atoms. The molecule has 0 atom stereocenters. The Kier molecular flexibility index (Phi) is 6.06. The number of rotatable bonds is 6. The van der Waals surface area contributed by atoms with Crippen molar-refractivity contribution in [3.63, 3.8) is 0 Å². The van der Waals surface area contributed by atoms with Crippen molar-refractivity contribution >= 4 is 5.71 Å². The molecule has 0 aliphatic rings. The number of aliphatic imine (C=N–C) groups is 1. The molecule has 0 aliphatic carbocycles. The van der Waals surface area contributed by atoms with Gasteiger partial charge in [-0.25, -0.2) is 0 Å². The Balaban J connectivity index is 4.73. The van der Waals surface area contributed by atoms with Crippen molar-refractivity contribution in [3.8, 4) is 0 Å². The third-order valence-corrected chi connectivity index (χ3v) is 3.32. The van der Waals surface area contributed by atoms with Crippen LogP contribution in [0.5, 0.6) is 0 Å². The van der Waals surface area contributed by atoms with Crippen molar-refractivity contribution in [1.29, 1.82) is 0 Å². The number of hydrogen-bond donors (Lipinski definition) is 0. The molecule has 0 N–H and O–H groups in total. The fourth-order valence-corrected chi connectivity index (χ4v) is 2.15. The van der Waals surface area contributed by atoms with E-state index in [2.05, 4.69) is 41.5 Å². The molecule has 0 aromatic carbocycles. The predicted molar refractivity (Wildman–Crippen MR) is 66.2 cm³/mol. The summed E-state index contributed by atoms with van der Waals surface area (Å²) in [7, 11) is 0. The molecule has 0 amide bonds. The average Bonchev–Trinajstić information content (AvgIpc) is 2.14. The Morgan fingerprint density at radius 1 is 1.14 bits per heavy atom. The van der Waals surface area contributed by atoms with Gasteiger partial charge in [0.25, 0.3) is 0 Å². The van der Waals surface area contributed by atoms with Gasteiger partial charge in [-0.3, -0.25) is 4.99 Å². The number of hydrogen-bond acceptors (Lipinski definition) is 1. The van der Waals surface area contributed by atoms with E-state index in [4.69, 9.17) is 4.99 Å². The van der Waals surface area contributed by atoms with Crippen molar-refractivity contribution in [2.24, 2.45) is 10.9 Å². The van der Waals surface area contributed by atoms with E-state index in [0.29, 0.717) is 5.92 Å². The molecule has 0 aromatic heterocycles. The summed E-state index contributed by atoms with van der Waals surface area (Å²) in [5.74, 6) is 0.643. The highest BCUT2D eigenvalue weighted by atomic mass is 14.9. The van der Waals surface area contributed by atoms with E-state index in [9.17, 15) is 0 Å². The maximum absolute atomic E-state index is 4.95. The summed E-state index contributed by atoms with van der Waals surface area (Å²) >= 11 is 0. The highest BCUT2D eigenvalue weighted by Gasteiger charge is 2.28. The van der Waals surface area contributed by atoms with Gasteiger partial charge in [-0.1, -0.05) is 41.0 Å². The summed E-state index contributed by atoms with van der Waals surface area (Å²) < 4.78 is 0. The monoisotopic (exact) mass is 197 g/mol. The van der Waals surface area contributed by atoms with Crippen molar-refractivity contribution < 1.29 is 0 Å². The molecule has 0 heterocycles. The molecule has 1 nitrogen and oxygen atoms in total. The fourth-order valence-electron chi connectivity index (χ4n) is 2.15. The summed E-state index contributed by atoms with van der Waals surface area (Å²) in [5.41, 5.74) is 1.52. The van der Waals surface area contributed by atoms with E-state index in [1.807, 2.05) is 0 Å². The molecule has 84 valence electrons. The highest BCUT2D eigenvalue weighted by molar-refractivity contribution is 5.82. The van der Waals surface area contributed by atoms with Crippen LogP contribution in [-0.4, -0.2) is 11.3 Å². The first-order chi connectivity index (χ1) is 6.52. The molecule has 0 spiro atoms. The molecular weight excluding hydrogens is 170 g/mol. The smallest absolute Gasteiger partial charge is 0.0625 e. The number of nitrogens with zero attached hydrogens (tertiary/aromatic N) is 1. The summed E-state index contributed by atoms with van der Waals surface area (Å²) in [4.78, 5) is 4.95. The zero-order valence-corrected chi connectivity index (χ0v) is 10.9. The quantitative estimate of drug-likeness (QED) is 0.557. The lowest BCUT2D eigenvalue weighted by atomic mass is 9.82. The Hall–Kier alpha value is -0.330. The lowest BCUT2D eigenvalue weighted by Gasteiger charge is -2.32. The topological polar surface area (TPSA) is 12.4 Å². The first-order valence-corrected chi connectivity index (χ1v) is 6.07. The van der Waals surface area contributed by atoms with Crippen molar-refractivity contribution in [1.82, 2.24) is 0 Å². The molecule has 0 aromatic rings. The van der Waals surface area contributed by atoms with Gasteiger partial charge in [-0.15, -0.1) is 0 Å². The van der Waals surface area contributed by atoms with E-state index in [1.165, 1.54) is 12.1 Å². The van der Waals surface area contributed by atoms with Crippen LogP contribution < -0.4 is 0 Å². The molecule has 0 aliphatic heterocycles. The van der Waals surface area contributed by atoms with E-state index in [0.717, 1.165) is 19.3 Å². The van der Waals surface area contributed by atoms with Gasteiger partial charge in [0.1, 0.15) is 0 Å². The second-order valence-corrected chi connectivity index (χ2v) is 4.56. The lowest BCUT2D eigenvalue weighted by molar-refractivity contribution is 0.291. The summed E-state index contributed by atoms with van der Waals surface area (Å²) in [6, 6.07) is 0. The first kappa shape index (κ1) is 13.7. The third-order valence-electron chi connectivity index (χ3n) is 3.32. The zero-order valence-electron chi connectivity index (χ0n) is 10.9. The molecule has 0 radical (unpaired) electrons. The minimum atomic E-state index is 0.194. The van der Waals surface area contributed by atoms with Crippen LogP contribution >= 0.6 is 0 Å². The molecular formula is C13H27N. The van der Waals surface area contributed by atoms with E-state index >= 15 is 0 Å². The van der Waals surface area contributed by atoms with Crippen molar-refractivity contribution in [3.05, 3.63) is 0 Å². The molecule has 1 heteroatoms. The van der Waals surface area contributed by atoms with E-state index in [1.54, 1.807) is 0 Å². The Bertz CT molecular complexity index is 176. The van der Waals surface area contributed by atoms with Crippen LogP contribution in [0, 0.1) is 5.92 Å². The van der Waals surface area contributed by atoms with Crippen molar-refractivity contribution in [2.45, 2.75) is 72.8 Å². The van der Waals surface area contributed by atoms with E-state index < -0.39 is 0 Å². The molecule has 0 rings (SSSR count). The van der Waals surface area contributed by atoms with Gasteiger partial charge in [0.2, 0.25) is 0 Å². The highest BCUT2D eigenvalue weighted by Crippen LogP contribution is 2.30. The fraction of sp³-hybridized carbons (Fsp3) is 0.923. The zero-order chi connectivity index (χ0) is 11.2. The van der Waals surface area contributed by atoms with Gasteiger partial charge >= 0.3 is 0 Å². The molecule has 0 fully saturated rings. The average molecular weight is 197 g/mol. The van der Waals surface area contributed by atoms with E-state index in [-0.39, 0.29) is 5.54 Å². The van der Waals surface area contributed by atoms with Crippen LogP contribution in [0.25, 0.3) is 0 Å². The molecule has 14 heavy (non-hydrogen) atoms. The second-order valence-electron chi connectivity index (χ2n) is 4.56. The minimum Gasteiger partial charge on any atom is -0.288 e.